The van der Waals surface area contributed by atoms with Crippen molar-refractivity contribution in [1.29, 1.82) is 0 Å². The molecule has 0 nitrogen and oxygen atoms in total. The second kappa shape index (κ2) is 12.4. The van der Waals surface area contributed by atoms with Crippen LogP contribution in [0.5, 0.6) is 0 Å². The van der Waals surface area contributed by atoms with Gasteiger partial charge < -0.3 is 0 Å². The van der Waals surface area contributed by atoms with E-state index in [2.05, 4.69) is 19.1 Å². The van der Waals surface area contributed by atoms with Gasteiger partial charge >= 0.3 is 21.2 Å². The van der Waals surface area contributed by atoms with Crippen LogP contribution in [-0.2, 0) is 0 Å². The Morgan fingerprint density at radius 2 is 1.55 bits per heavy atom. The minimum Gasteiger partial charge on any atom is -0.208 e. The van der Waals surface area contributed by atoms with E-state index in [1.807, 2.05) is 22.3 Å². The Kier molecular flexibility index (Phi) is 10.9. The zero-order valence-electron chi connectivity index (χ0n) is 12.6. The van der Waals surface area contributed by atoms with E-state index < -0.39 is 0 Å². The van der Waals surface area contributed by atoms with Crippen LogP contribution in [0.3, 0.4) is 0 Å². The Hall–Kier alpha value is -0.380. The molecule has 1 aromatic rings. The molecule has 0 radical (unpaired) electrons. The van der Waals surface area contributed by atoms with Crippen LogP contribution in [-0.4, -0.2) is 0 Å². The van der Waals surface area contributed by atoms with Crippen molar-refractivity contribution in [3.63, 3.8) is 0 Å². The number of hydrogen-bond donors (Lipinski definition) is 0. The zero-order valence-corrected chi connectivity index (χ0v) is 14.7. The van der Waals surface area contributed by atoms with Crippen LogP contribution in [0.25, 0.3) is 0 Å². The third-order valence-corrected chi connectivity index (χ3v) is 5.73. The van der Waals surface area contributed by atoms with Crippen molar-refractivity contribution in [2.45, 2.75) is 64.7 Å². The maximum Gasteiger partial charge on any atom is 0.352 e. The van der Waals surface area contributed by atoms with Gasteiger partial charge in [-0.2, -0.15) is 0 Å². The number of allylic oxidation sites excluding steroid dienone is 1. The Labute approximate surface area is 134 Å². The molecule has 0 unspecified atom stereocenters. The van der Waals surface area contributed by atoms with Gasteiger partial charge in [0, 0.05) is 6.42 Å². The molecule has 0 fully saturated rings. The average Bonchev–Trinajstić information content (AvgIpc) is 2.49. The molecule has 0 aliphatic carbocycles. The standard InChI is InChI=1S/C18H27FI/c1-2-3-4-5-6-7-8-10-13-17(19)16-20-18-14-11-9-12-15-18/h9,11-12,14-16H,2-8,10,13H2,1H3/q+1/b17-16-. The first-order chi connectivity index (χ1) is 9.83. The van der Waals surface area contributed by atoms with Gasteiger partial charge in [0.1, 0.15) is 5.83 Å². The Morgan fingerprint density at radius 3 is 2.20 bits per heavy atom. The van der Waals surface area contributed by atoms with Crippen molar-refractivity contribution in [3.05, 3.63) is 43.8 Å². The number of benzene rings is 1. The van der Waals surface area contributed by atoms with Crippen molar-refractivity contribution < 1.29 is 25.6 Å². The normalized spacial score (nSPS) is 11.8. The van der Waals surface area contributed by atoms with E-state index in [4.69, 9.17) is 0 Å². The fraction of sp³-hybridized carbons (Fsp3) is 0.556. The van der Waals surface area contributed by atoms with E-state index in [1.165, 1.54) is 48.5 Å². The smallest absolute Gasteiger partial charge is 0.208 e. The van der Waals surface area contributed by atoms with E-state index in [1.54, 1.807) is 0 Å². The van der Waals surface area contributed by atoms with E-state index in [-0.39, 0.29) is 27.0 Å². The summed E-state index contributed by atoms with van der Waals surface area (Å²) in [5, 5.41) is 0. The summed E-state index contributed by atoms with van der Waals surface area (Å²) in [5.74, 6) is 0.104. The van der Waals surface area contributed by atoms with Crippen LogP contribution in [0.1, 0.15) is 64.7 Å². The van der Waals surface area contributed by atoms with Gasteiger partial charge in [0.25, 0.3) is 0 Å². The van der Waals surface area contributed by atoms with Crippen molar-refractivity contribution in [2.75, 3.05) is 0 Å². The molecular weight excluding hydrogens is 362 g/mol. The Morgan fingerprint density at radius 1 is 0.950 bits per heavy atom. The fourth-order valence-corrected chi connectivity index (χ4v) is 3.93. The number of rotatable bonds is 11. The van der Waals surface area contributed by atoms with Crippen molar-refractivity contribution in [2.24, 2.45) is 0 Å². The van der Waals surface area contributed by atoms with Crippen molar-refractivity contribution in [1.82, 2.24) is 0 Å². The lowest BCUT2D eigenvalue weighted by molar-refractivity contribution is -0.558. The van der Waals surface area contributed by atoms with Crippen LogP contribution in [0.2, 0.25) is 0 Å². The summed E-state index contributed by atoms with van der Waals surface area (Å²) in [5.41, 5.74) is 0. The van der Waals surface area contributed by atoms with Crippen LogP contribution in [0.4, 0.5) is 4.39 Å². The molecule has 112 valence electrons. The SMILES string of the molecule is CCCCCCCCCC/C(F)=C/[I+]c1ccccc1. The van der Waals surface area contributed by atoms with Gasteiger partial charge in [0.15, 0.2) is 7.65 Å². The Bertz CT molecular complexity index is 359. The lowest BCUT2D eigenvalue weighted by Crippen LogP contribution is -3.59. The number of halogens is 2. The highest BCUT2D eigenvalue weighted by Crippen LogP contribution is 2.12. The van der Waals surface area contributed by atoms with E-state index in [9.17, 15) is 4.39 Å². The molecule has 2 heteroatoms. The average molecular weight is 389 g/mol. The summed E-state index contributed by atoms with van der Waals surface area (Å²) in [6.45, 7) is 2.24. The lowest BCUT2D eigenvalue weighted by atomic mass is 10.1. The molecule has 0 amide bonds. The topological polar surface area (TPSA) is 0 Å². The molecule has 0 spiro atoms. The number of unbranched alkanes of at least 4 members (excludes halogenated alkanes) is 7. The molecule has 1 rings (SSSR count). The van der Waals surface area contributed by atoms with Gasteiger partial charge in [-0.15, -0.1) is 0 Å². The van der Waals surface area contributed by atoms with Crippen LogP contribution < -0.4 is 21.2 Å². The molecule has 0 saturated carbocycles. The molecule has 0 aliphatic heterocycles. The van der Waals surface area contributed by atoms with Crippen LogP contribution in [0, 0.1) is 3.57 Å². The molecular formula is C18H27FI+. The minimum atomic E-state index is -0.287. The fourth-order valence-electron chi connectivity index (χ4n) is 2.09. The third-order valence-electron chi connectivity index (χ3n) is 3.30. The van der Waals surface area contributed by atoms with Crippen molar-refractivity contribution >= 4 is 0 Å². The highest BCUT2D eigenvalue weighted by Gasteiger charge is 2.09. The highest BCUT2D eigenvalue weighted by molar-refractivity contribution is 4.99. The second-order valence-electron chi connectivity index (χ2n) is 5.19. The van der Waals surface area contributed by atoms with Crippen LogP contribution in [0.15, 0.2) is 40.2 Å². The largest absolute Gasteiger partial charge is 0.352 e. The molecule has 20 heavy (non-hydrogen) atoms. The lowest BCUT2D eigenvalue weighted by Gasteiger charge is -2.00. The molecule has 1 aromatic carbocycles. The van der Waals surface area contributed by atoms with Gasteiger partial charge in [-0.1, -0.05) is 70.1 Å². The molecule has 0 aromatic heterocycles. The molecule has 0 heterocycles. The monoisotopic (exact) mass is 389 g/mol. The van der Waals surface area contributed by atoms with E-state index >= 15 is 0 Å². The highest BCUT2D eigenvalue weighted by atomic mass is 127. The molecule has 0 atom stereocenters. The van der Waals surface area contributed by atoms with Gasteiger partial charge in [0.05, 0.1) is 0 Å². The Balaban J connectivity index is 2.01. The first-order valence-electron chi connectivity index (χ1n) is 7.86. The summed E-state index contributed by atoms with van der Waals surface area (Å²) in [6.07, 6.45) is 10.8. The third kappa shape index (κ3) is 9.51. The minimum absolute atomic E-state index is 0.104. The van der Waals surface area contributed by atoms with E-state index in [0.29, 0.717) is 6.42 Å². The first kappa shape index (κ1) is 17.7. The quantitative estimate of drug-likeness (QED) is 0.403. The molecule has 0 saturated heterocycles. The van der Waals surface area contributed by atoms with Crippen LogP contribution >= 0.6 is 0 Å². The molecule has 0 N–H and O–H groups in total. The van der Waals surface area contributed by atoms with Gasteiger partial charge in [-0.05, 0) is 18.6 Å². The van der Waals surface area contributed by atoms with Gasteiger partial charge in [-0.25, -0.2) is 4.39 Å². The molecule has 0 bridgehead atoms. The van der Waals surface area contributed by atoms with Gasteiger partial charge in [-0.3, -0.25) is 0 Å². The molecule has 0 aliphatic rings. The second-order valence-corrected chi connectivity index (χ2v) is 7.68. The predicted molar refractivity (Wildman–Crippen MR) is 81.6 cm³/mol. The van der Waals surface area contributed by atoms with Crippen molar-refractivity contribution in [3.8, 4) is 0 Å². The van der Waals surface area contributed by atoms with E-state index in [0.717, 1.165) is 6.42 Å². The summed E-state index contributed by atoms with van der Waals surface area (Å²) >= 11 is -0.287. The maximum absolute atomic E-state index is 13.7. The first-order valence-corrected chi connectivity index (χ1v) is 10.2. The predicted octanol–water partition coefficient (Wildman–Crippen LogP) is 3.29. The zero-order chi connectivity index (χ0) is 14.5. The summed E-state index contributed by atoms with van der Waals surface area (Å²) < 4.78 is 16.8. The van der Waals surface area contributed by atoms with Gasteiger partial charge in [0.2, 0.25) is 0 Å². The summed E-state index contributed by atoms with van der Waals surface area (Å²) in [7, 11) is 0. The maximum atomic E-state index is 13.7. The summed E-state index contributed by atoms with van der Waals surface area (Å²) in [6, 6.07) is 10.2. The summed E-state index contributed by atoms with van der Waals surface area (Å²) in [4.78, 5) is 0. The number of hydrogen-bond acceptors (Lipinski definition) is 0.